The Bertz CT molecular complexity index is 994. The van der Waals surface area contributed by atoms with Crippen LogP contribution in [0.15, 0.2) is 42.5 Å². The first-order valence-electron chi connectivity index (χ1n) is 7.98. The average molecular weight is 445 g/mol. The van der Waals surface area contributed by atoms with Crippen molar-refractivity contribution in [1.82, 2.24) is 0 Å². The lowest BCUT2D eigenvalue weighted by Gasteiger charge is -2.29. The number of amides is 1. The Morgan fingerprint density at radius 1 is 1.11 bits per heavy atom. The van der Waals surface area contributed by atoms with E-state index in [9.17, 15) is 18.0 Å². The second kappa shape index (κ2) is 8.81. The number of nitrogens with zero attached hydrogens (tertiary/aromatic N) is 1. The number of nitrogens with one attached hydrogen (secondary N) is 1. The van der Waals surface area contributed by atoms with Crippen LogP contribution in [0, 0.1) is 0 Å². The van der Waals surface area contributed by atoms with Crippen molar-refractivity contribution in [2.45, 2.75) is 13.0 Å². The molecule has 7 nitrogen and oxygen atoms in total. The Morgan fingerprint density at radius 3 is 2.25 bits per heavy atom. The molecule has 0 heterocycles. The smallest absolute Gasteiger partial charge is 0.337 e. The Balaban J connectivity index is 2.29. The number of sulfonamides is 1. The highest BCUT2D eigenvalue weighted by Crippen LogP contribution is 2.32. The van der Waals surface area contributed by atoms with Crippen LogP contribution in [0.4, 0.5) is 11.4 Å². The van der Waals surface area contributed by atoms with Gasteiger partial charge in [0.15, 0.2) is 0 Å². The lowest BCUT2D eigenvalue weighted by molar-refractivity contribution is -0.116. The minimum absolute atomic E-state index is 0.0976. The van der Waals surface area contributed by atoms with Crippen molar-refractivity contribution < 1.29 is 22.7 Å². The summed E-state index contributed by atoms with van der Waals surface area (Å²) in [5.41, 5.74) is 0.799. The Labute approximate surface area is 173 Å². The quantitative estimate of drug-likeness (QED) is 0.687. The summed E-state index contributed by atoms with van der Waals surface area (Å²) >= 11 is 12.1. The van der Waals surface area contributed by atoms with Gasteiger partial charge in [0.2, 0.25) is 15.9 Å². The zero-order chi connectivity index (χ0) is 21.1. The van der Waals surface area contributed by atoms with Gasteiger partial charge >= 0.3 is 5.97 Å². The molecule has 10 heteroatoms. The van der Waals surface area contributed by atoms with E-state index in [1.807, 2.05) is 0 Å². The molecular formula is C18H18Cl2N2O5S. The summed E-state index contributed by atoms with van der Waals surface area (Å²) < 4.78 is 30.2. The third-order valence-electron chi connectivity index (χ3n) is 3.81. The van der Waals surface area contributed by atoms with Gasteiger partial charge in [0.25, 0.3) is 0 Å². The van der Waals surface area contributed by atoms with E-state index in [0.717, 1.165) is 10.6 Å². The van der Waals surface area contributed by atoms with Crippen molar-refractivity contribution in [3.05, 3.63) is 58.1 Å². The third kappa shape index (κ3) is 5.15. The predicted octanol–water partition coefficient (Wildman–Crippen LogP) is 3.57. The molecule has 0 unspecified atom stereocenters. The Hall–Kier alpha value is -2.29. The highest BCUT2D eigenvalue weighted by Gasteiger charge is 2.31. The molecular weight excluding hydrogens is 427 g/mol. The lowest BCUT2D eigenvalue weighted by atomic mass is 10.2. The molecule has 0 aliphatic heterocycles. The van der Waals surface area contributed by atoms with Crippen LogP contribution in [0.2, 0.25) is 10.0 Å². The fraction of sp³-hybridized carbons (Fsp3) is 0.222. The third-order valence-corrected chi connectivity index (χ3v) is 5.59. The van der Waals surface area contributed by atoms with Crippen LogP contribution < -0.4 is 9.62 Å². The first-order valence-corrected chi connectivity index (χ1v) is 10.6. The molecule has 0 saturated heterocycles. The van der Waals surface area contributed by atoms with Crippen molar-refractivity contribution in [2.24, 2.45) is 0 Å². The molecule has 1 amide bonds. The maximum atomic E-state index is 12.7. The maximum Gasteiger partial charge on any atom is 0.337 e. The minimum Gasteiger partial charge on any atom is -0.465 e. The summed E-state index contributed by atoms with van der Waals surface area (Å²) in [6.07, 6.45) is 0.971. The van der Waals surface area contributed by atoms with Crippen LogP contribution in [-0.4, -0.2) is 39.7 Å². The van der Waals surface area contributed by atoms with Crippen molar-refractivity contribution >= 4 is 56.5 Å². The molecule has 0 aliphatic rings. The van der Waals surface area contributed by atoms with E-state index in [-0.39, 0.29) is 15.7 Å². The first kappa shape index (κ1) is 22.0. The highest BCUT2D eigenvalue weighted by molar-refractivity contribution is 7.92. The van der Waals surface area contributed by atoms with Gasteiger partial charge in [0.1, 0.15) is 6.04 Å². The van der Waals surface area contributed by atoms with E-state index in [1.165, 1.54) is 56.5 Å². The van der Waals surface area contributed by atoms with E-state index in [1.54, 1.807) is 0 Å². The number of ether oxygens (including phenoxy) is 1. The second-order valence-electron chi connectivity index (χ2n) is 5.89. The summed E-state index contributed by atoms with van der Waals surface area (Å²) in [6, 6.07) is 9.20. The van der Waals surface area contributed by atoms with Crippen molar-refractivity contribution in [3.8, 4) is 0 Å². The van der Waals surface area contributed by atoms with Gasteiger partial charge in [-0.05, 0) is 49.4 Å². The molecule has 2 aromatic carbocycles. The van der Waals surface area contributed by atoms with E-state index < -0.39 is 27.9 Å². The number of methoxy groups -OCH3 is 1. The van der Waals surface area contributed by atoms with Gasteiger partial charge in [0, 0.05) is 10.7 Å². The van der Waals surface area contributed by atoms with Crippen molar-refractivity contribution in [1.29, 1.82) is 0 Å². The number of hydrogen-bond acceptors (Lipinski definition) is 5. The van der Waals surface area contributed by atoms with Crippen LogP contribution in [0.3, 0.4) is 0 Å². The van der Waals surface area contributed by atoms with Crippen LogP contribution in [0.5, 0.6) is 0 Å². The van der Waals surface area contributed by atoms with Crippen LogP contribution >= 0.6 is 23.2 Å². The van der Waals surface area contributed by atoms with E-state index in [2.05, 4.69) is 10.1 Å². The maximum absolute atomic E-state index is 12.7. The SMILES string of the molecule is COC(=O)c1ccc(NC(=O)[C@H](C)N(c2cc(Cl)ccc2Cl)S(C)(=O)=O)cc1. The molecule has 0 fully saturated rings. The largest absolute Gasteiger partial charge is 0.465 e. The molecule has 2 aromatic rings. The topological polar surface area (TPSA) is 92.8 Å². The van der Waals surface area contributed by atoms with Gasteiger partial charge in [0.05, 0.1) is 29.6 Å². The molecule has 0 spiro atoms. The molecule has 0 radical (unpaired) electrons. The number of esters is 1. The zero-order valence-corrected chi connectivity index (χ0v) is 17.6. The van der Waals surface area contributed by atoms with Gasteiger partial charge in [-0.2, -0.15) is 0 Å². The minimum atomic E-state index is -3.85. The summed E-state index contributed by atoms with van der Waals surface area (Å²) in [7, 11) is -2.58. The van der Waals surface area contributed by atoms with Crippen LogP contribution in [-0.2, 0) is 19.6 Å². The Morgan fingerprint density at radius 2 is 1.71 bits per heavy atom. The molecule has 1 atom stereocenters. The molecule has 0 aliphatic carbocycles. The average Bonchev–Trinajstić information content (AvgIpc) is 2.63. The molecule has 1 N–H and O–H groups in total. The van der Waals surface area contributed by atoms with Gasteiger partial charge < -0.3 is 10.1 Å². The van der Waals surface area contributed by atoms with Crippen LogP contribution in [0.25, 0.3) is 0 Å². The standard InChI is InChI=1S/C18H18Cl2N2O5S/c1-11(17(23)21-14-7-4-12(5-8-14)18(24)27-2)22(28(3,25)26)16-10-13(19)6-9-15(16)20/h4-11H,1-3H3,(H,21,23)/t11-/m0/s1. The number of hydrogen-bond donors (Lipinski definition) is 1. The van der Waals surface area contributed by atoms with E-state index >= 15 is 0 Å². The number of benzene rings is 2. The zero-order valence-electron chi connectivity index (χ0n) is 15.3. The molecule has 2 rings (SSSR count). The van der Waals surface area contributed by atoms with Gasteiger partial charge in [-0.3, -0.25) is 9.10 Å². The van der Waals surface area contributed by atoms with E-state index in [4.69, 9.17) is 23.2 Å². The fourth-order valence-corrected chi connectivity index (χ4v) is 4.09. The monoisotopic (exact) mass is 444 g/mol. The van der Waals surface area contributed by atoms with Gasteiger partial charge in [-0.1, -0.05) is 23.2 Å². The van der Waals surface area contributed by atoms with Gasteiger partial charge in [-0.15, -0.1) is 0 Å². The summed E-state index contributed by atoms with van der Waals surface area (Å²) in [6.45, 7) is 1.43. The number of carbonyl (C=O) groups excluding carboxylic acids is 2. The molecule has 28 heavy (non-hydrogen) atoms. The number of anilines is 2. The first-order chi connectivity index (χ1) is 13.0. The number of rotatable bonds is 6. The van der Waals surface area contributed by atoms with Crippen molar-refractivity contribution in [3.63, 3.8) is 0 Å². The lowest BCUT2D eigenvalue weighted by Crippen LogP contribution is -2.45. The van der Waals surface area contributed by atoms with Gasteiger partial charge in [-0.25, -0.2) is 13.2 Å². The number of carbonyl (C=O) groups is 2. The molecule has 150 valence electrons. The second-order valence-corrected chi connectivity index (χ2v) is 8.59. The Kier molecular flexibility index (Phi) is 6.92. The van der Waals surface area contributed by atoms with Crippen LogP contribution in [0.1, 0.15) is 17.3 Å². The molecule has 0 bridgehead atoms. The predicted molar refractivity (Wildman–Crippen MR) is 110 cm³/mol. The number of halogens is 2. The summed E-state index contributed by atoms with van der Waals surface area (Å²) in [5.74, 6) is -1.10. The van der Waals surface area contributed by atoms with Crippen molar-refractivity contribution in [2.75, 3.05) is 23.0 Å². The highest BCUT2D eigenvalue weighted by atomic mass is 35.5. The normalized spacial score (nSPS) is 12.2. The fourth-order valence-electron chi connectivity index (χ4n) is 2.49. The molecule has 0 saturated carbocycles. The summed E-state index contributed by atoms with van der Waals surface area (Å²) in [5, 5.41) is 3.02. The molecule has 0 aromatic heterocycles. The summed E-state index contributed by atoms with van der Waals surface area (Å²) in [4.78, 5) is 24.1. The van der Waals surface area contributed by atoms with E-state index in [0.29, 0.717) is 11.3 Å².